The van der Waals surface area contributed by atoms with Crippen LogP contribution in [0.25, 0.3) is 0 Å². The predicted octanol–water partition coefficient (Wildman–Crippen LogP) is 6.51. The first-order valence-electron chi connectivity index (χ1n) is 6.68. The number of carbonyl (C=O) groups is 2. The summed E-state index contributed by atoms with van der Waals surface area (Å²) in [4.78, 5) is 26.0. The number of amides is 3. The Labute approximate surface area is 183 Å². The summed E-state index contributed by atoms with van der Waals surface area (Å²) >= 11 is 35.9. The van der Waals surface area contributed by atoms with Crippen LogP contribution in [-0.2, 0) is 10.3 Å². The van der Waals surface area contributed by atoms with Crippen molar-refractivity contribution in [1.82, 2.24) is 8.61 Å². The van der Waals surface area contributed by atoms with Crippen molar-refractivity contribution in [3.63, 3.8) is 0 Å². The molecular formula is C13H10Cl6N2O2S2. The van der Waals surface area contributed by atoms with E-state index < -0.39 is 23.7 Å². The van der Waals surface area contributed by atoms with E-state index in [1.54, 1.807) is 37.3 Å². The molecule has 0 spiro atoms. The third-order valence-electron chi connectivity index (χ3n) is 3.39. The highest BCUT2D eigenvalue weighted by molar-refractivity contribution is 8.04. The Morgan fingerprint density at radius 1 is 0.960 bits per heavy atom. The maximum atomic E-state index is 13.2. The Morgan fingerprint density at radius 3 is 1.92 bits per heavy atom. The molecule has 1 saturated heterocycles. The van der Waals surface area contributed by atoms with Crippen molar-refractivity contribution in [3.05, 3.63) is 35.9 Å². The van der Waals surface area contributed by atoms with Gasteiger partial charge in [-0.3, -0.25) is 4.79 Å². The van der Waals surface area contributed by atoms with Gasteiger partial charge in [-0.05, 0) is 12.0 Å². The number of benzene rings is 1. The smallest absolute Gasteiger partial charge is 0.270 e. The quantitative estimate of drug-likeness (QED) is 0.267. The second kappa shape index (κ2) is 7.92. The van der Waals surface area contributed by atoms with Crippen molar-refractivity contribution in [3.8, 4) is 0 Å². The summed E-state index contributed by atoms with van der Waals surface area (Å²) in [5.74, 6) is -0.579. The van der Waals surface area contributed by atoms with Crippen molar-refractivity contribution in [1.29, 1.82) is 0 Å². The number of hydrogen-bond acceptors (Lipinski definition) is 4. The zero-order valence-corrected chi connectivity index (χ0v) is 18.6. The van der Waals surface area contributed by atoms with E-state index in [-0.39, 0.29) is 6.42 Å². The van der Waals surface area contributed by atoms with Gasteiger partial charge in [-0.2, -0.15) is 4.31 Å². The van der Waals surface area contributed by atoms with Crippen LogP contribution in [0, 0.1) is 0 Å². The van der Waals surface area contributed by atoms with Crippen LogP contribution in [0.5, 0.6) is 0 Å². The van der Waals surface area contributed by atoms with E-state index in [2.05, 4.69) is 0 Å². The lowest BCUT2D eigenvalue weighted by molar-refractivity contribution is -0.129. The number of halogens is 6. The zero-order chi connectivity index (χ0) is 19.0. The Hall–Kier alpha value is 0.600. The lowest BCUT2D eigenvalue weighted by Gasteiger charge is -2.34. The molecule has 0 radical (unpaired) electrons. The van der Waals surface area contributed by atoms with Crippen molar-refractivity contribution < 1.29 is 9.59 Å². The number of alkyl halides is 6. The van der Waals surface area contributed by atoms with Crippen molar-refractivity contribution in [2.75, 3.05) is 0 Å². The molecule has 1 aliphatic heterocycles. The third kappa shape index (κ3) is 4.72. The highest BCUT2D eigenvalue weighted by Crippen LogP contribution is 2.54. The van der Waals surface area contributed by atoms with E-state index in [4.69, 9.17) is 69.6 Å². The summed E-state index contributed by atoms with van der Waals surface area (Å²) in [6.07, 6.45) is 0.228. The maximum Gasteiger partial charge on any atom is 0.348 e. The number of nitrogens with zero attached hydrogens (tertiary/aromatic N) is 2. The number of hydrogen-bond donors (Lipinski definition) is 0. The van der Waals surface area contributed by atoms with Gasteiger partial charge in [0.25, 0.3) is 12.2 Å². The summed E-state index contributed by atoms with van der Waals surface area (Å²) in [5, 5.41) is 0. The molecule has 0 bridgehead atoms. The van der Waals surface area contributed by atoms with Gasteiger partial charge in [-0.1, -0.05) is 107 Å². The minimum Gasteiger partial charge on any atom is -0.270 e. The van der Waals surface area contributed by atoms with Crippen LogP contribution < -0.4 is 0 Å². The monoisotopic (exact) mass is 500 g/mol. The van der Waals surface area contributed by atoms with Crippen LogP contribution in [0.3, 0.4) is 0 Å². The molecule has 1 heterocycles. The fourth-order valence-corrected chi connectivity index (χ4v) is 5.18. The Bertz CT molecular complexity index is 667. The van der Waals surface area contributed by atoms with Crippen LogP contribution in [0.2, 0.25) is 0 Å². The summed E-state index contributed by atoms with van der Waals surface area (Å²) < 4.78 is -1.87. The lowest BCUT2D eigenvalue weighted by atomic mass is 9.87. The zero-order valence-electron chi connectivity index (χ0n) is 12.4. The van der Waals surface area contributed by atoms with Gasteiger partial charge >= 0.3 is 6.03 Å². The first-order valence-corrected chi connectivity index (χ1v) is 10.5. The van der Waals surface area contributed by atoms with Gasteiger partial charge in [0.05, 0.1) is 0 Å². The fourth-order valence-electron chi connectivity index (χ4n) is 2.45. The molecule has 0 saturated carbocycles. The topological polar surface area (TPSA) is 40.6 Å². The summed E-state index contributed by atoms with van der Waals surface area (Å²) in [6.45, 7) is 1.74. The van der Waals surface area contributed by atoms with Gasteiger partial charge in [0, 0.05) is 23.9 Å². The Balaban J connectivity index is 2.59. The number of imide groups is 1. The standard InChI is InChI=1S/C13H10Cl6N2O2S2/c1-2-11(8-6-4-3-5-7-8)9(22)20(24-12(14,15)16)10(23)21(11)25-13(17,18)19/h3-7H,2H2,1H3. The lowest BCUT2D eigenvalue weighted by Crippen LogP contribution is -2.44. The number of urea groups is 1. The number of carbonyl (C=O) groups excluding carboxylic acids is 2. The molecule has 12 heteroatoms. The minimum atomic E-state index is -1.91. The molecule has 0 N–H and O–H groups in total. The molecule has 0 aromatic heterocycles. The van der Waals surface area contributed by atoms with Gasteiger partial charge in [-0.25, -0.2) is 9.10 Å². The molecule has 1 fully saturated rings. The van der Waals surface area contributed by atoms with E-state index >= 15 is 0 Å². The molecule has 3 amide bonds. The van der Waals surface area contributed by atoms with Gasteiger partial charge in [0.1, 0.15) is 0 Å². The molecule has 1 unspecified atom stereocenters. The highest BCUT2D eigenvalue weighted by atomic mass is 35.6. The molecule has 1 aliphatic rings. The first kappa shape index (κ1) is 21.9. The van der Waals surface area contributed by atoms with Crippen LogP contribution in [0.4, 0.5) is 4.79 Å². The van der Waals surface area contributed by atoms with E-state index in [1.165, 1.54) is 0 Å². The summed E-state index contributed by atoms with van der Waals surface area (Å²) in [5.41, 5.74) is -0.833. The summed E-state index contributed by atoms with van der Waals surface area (Å²) in [6, 6.07) is 7.95. The van der Waals surface area contributed by atoms with Crippen molar-refractivity contribution in [2.24, 2.45) is 0 Å². The normalized spacial score (nSPS) is 22.0. The van der Waals surface area contributed by atoms with E-state index in [0.717, 1.165) is 8.61 Å². The SMILES string of the molecule is CCC1(c2ccccc2)C(=O)N(SC(Cl)(Cl)Cl)C(=O)N1SC(Cl)(Cl)Cl. The van der Waals surface area contributed by atoms with Gasteiger partial charge < -0.3 is 0 Å². The maximum absolute atomic E-state index is 13.2. The second-order valence-electron chi connectivity index (χ2n) is 4.83. The van der Waals surface area contributed by atoms with Gasteiger partial charge in [0.15, 0.2) is 5.54 Å². The van der Waals surface area contributed by atoms with Crippen molar-refractivity contribution >= 4 is 105 Å². The first-order chi connectivity index (χ1) is 11.4. The molecular weight excluding hydrogens is 493 g/mol. The second-order valence-corrected chi connectivity index (χ2v) is 13.1. The number of rotatable bonds is 4. The summed E-state index contributed by atoms with van der Waals surface area (Å²) in [7, 11) is 0. The average Bonchev–Trinajstić information content (AvgIpc) is 2.68. The van der Waals surface area contributed by atoms with E-state index in [0.29, 0.717) is 29.5 Å². The fraction of sp³-hybridized carbons (Fsp3) is 0.385. The predicted molar refractivity (Wildman–Crippen MR) is 108 cm³/mol. The third-order valence-corrected chi connectivity index (χ3v) is 6.20. The molecule has 25 heavy (non-hydrogen) atoms. The van der Waals surface area contributed by atoms with Crippen LogP contribution >= 0.6 is 93.5 Å². The Kier molecular flexibility index (Phi) is 6.93. The van der Waals surface area contributed by atoms with E-state index in [9.17, 15) is 9.59 Å². The minimum absolute atomic E-state index is 0.228. The van der Waals surface area contributed by atoms with Crippen LogP contribution in [0.15, 0.2) is 30.3 Å². The van der Waals surface area contributed by atoms with Gasteiger partial charge in [-0.15, -0.1) is 0 Å². The largest absolute Gasteiger partial charge is 0.348 e. The van der Waals surface area contributed by atoms with E-state index in [1.807, 2.05) is 0 Å². The van der Waals surface area contributed by atoms with Crippen LogP contribution in [-0.4, -0.2) is 26.8 Å². The molecule has 1 aromatic rings. The molecule has 2 rings (SSSR count). The Morgan fingerprint density at radius 2 is 1.48 bits per heavy atom. The van der Waals surface area contributed by atoms with Crippen LogP contribution in [0.1, 0.15) is 18.9 Å². The molecule has 138 valence electrons. The average molecular weight is 503 g/mol. The van der Waals surface area contributed by atoms with Gasteiger partial charge in [0.2, 0.25) is 0 Å². The van der Waals surface area contributed by atoms with Crippen molar-refractivity contribution in [2.45, 2.75) is 25.1 Å². The highest BCUT2D eigenvalue weighted by Gasteiger charge is 2.61. The molecule has 1 atom stereocenters. The molecule has 1 aromatic carbocycles. The molecule has 0 aliphatic carbocycles. The molecule has 4 nitrogen and oxygen atoms in total.